The first-order valence-electron chi connectivity index (χ1n) is 10.7. The number of carbonyl (C=O) groups is 2. The van der Waals surface area contributed by atoms with Crippen molar-refractivity contribution in [2.75, 3.05) is 6.61 Å². The third kappa shape index (κ3) is 3.95. The Morgan fingerprint density at radius 1 is 1.09 bits per heavy atom. The van der Waals surface area contributed by atoms with Crippen molar-refractivity contribution >= 4 is 28.6 Å². The van der Waals surface area contributed by atoms with Gasteiger partial charge in [0.1, 0.15) is 16.9 Å². The van der Waals surface area contributed by atoms with Crippen molar-refractivity contribution in [3.63, 3.8) is 0 Å². The lowest BCUT2D eigenvalue weighted by molar-refractivity contribution is 0.0523. The summed E-state index contributed by atoms with van der Waals surface area (Å²) in [6.07, 6.45) is 1.64. The second kappa shape index (κ2) is 8.82. The number of rotatable bonds is 4. The van der Waals surface area contributed by atoms with Gasteiger partial charge in [0, 0.05) is 17.8 Å². The summed E-state index contributed by atoms with van der Waals surface area (Å²) in [7, 11) is 0. The van der Waals surface area contributed by atoms with Gasteiger partial charge in [-0.05, 0) is 57.5 Å². The van der Waals surface area contributed by atoms with E-state index < -0.39 is 11.9 Å². The van der Waals surface area contributed by atoms with Crippen molar-refractivity contribution in [3.05, 3.63) is 87.3 Å². The molecule has 8 heteroatoms. The number of carbonyl (C=O) groups excluding carboxylic acids is 2. The van der Waals surface area contributed by atoms with Crippen LogP contribution in [0.3, 0.4) is 0 Å². The van der Waals surface area contributed by atoms with Crippen LogP contribution in [0.5, 0.6) is 0 Å². The first-order valence-corrected chi connectivity index (χ1v) is 10.7. The van der Waals surface area contributed by atoms with E-state index in [1.54, 1.807) is 54.1 Å². The Morgan fingerprint density at radius 3 is 2.48 bits per heavy atom. The molecule has 0 saturated carbocycles. The third-order valence-corrected chi connectivity index (χ3v) is 5.29. The molecule has 4 aromatic rings. The average molecular weight is 444 g/mol. The number of nitrogens with zero attached hydrogens (tertiary/aromatic N) is 4. The van der Waals surface area contributed by atoms with Gasteiger partial charge < -0.3 is 9.30 Å². The molecule has 0 atom stereocenters. The van der Waals surface area contributed by atoms with Crippen molar-refractivity contribution in [1.82, 2.24) is 14.0 Å². The summed E-state index contributed by atoms with van der Waals surface area (Å²) in [6, 6.07) is 13.4. The zero-order valence-electron chi connectivity index (χ0n) is 18.9. The second-order valence-electron chi connectivity index (χ2n) is 7.89. The van der Waals surface area contributed by atoms with Gasteiger partial charge in [-0.15, -0.1) is 0 Å². The van der Waals surface area contributed by atoms with Crippen molar-refractivity contribution in [3.8, 4) is 0 Å². The highest BCUT2D eigenvalue weighted by Gasteiger charge is 2.21. The van der Waals surface area contributed by atoms with E-state index in [9.17, 15) is 14.4 Å². The van der Waals surface area contributed by atoms with Crippen molar-refractivity contribution in [2.24, 2.45) is 4.99 Å². The minimum absolute atomic E-state index is 0.0360. The first kappa shape index (κ1) is 22.1. The maximum absolute atomic E-state index is 13.4. The highest BCUT2D eigenvalue weighted by atomic mass is 16.5. The van der Waals surface area contributed by atoms with E-state index in [1.807, 2.05) is 26.8 Å². The highest BCUT2D eigenvalue weighted by molar-refractivity contribution is 5.97. The number of fused-ring (bicyclic) bond motifs is 2. The minimum atomic E-state index is -0.665. The van der Waals surface area contributed by atoms with Crippen LogP contribution in [-0.2, 0) is 4.74 Å². The topological polar surface area (TPSA) is 95.0 Å². The van der Waals surface area contributed by atoms with Crippen molar-refractivity contribution in [2.45, 2.75) is 33.7 Å². The van der Waals surface area contributed by atoms with E-state index in [1.165, 1.54) is 10.5 Å². The first-order chi connectivity index (χ1) is 15.8. The monoisotopic (exact) mass is 444 g/mol. The maximum Gasteiger partial charge on any atom is 0.341 e. The number of amides is 1. The van der Waals surface area contributed by atoms with Crippen molar-refractivity contribution < 1.29 is 14.3 Å². The van der Waals surface area contributed by atoms with E-state index in [0.29, 0.717) is 16.9 Å². The predicted molar refractivity (Wildman–Crippen MR) is 124 cm³/mol. The number of hydrogen-bond donors (Lipinski definition) is 0. The Hall–Kier alpha value is -4.07. The van der Waals surface area contributed by atoms with E-state index in [0.717, 1.165) is 5.56 Å². The summed E-state index contributed by atoms with van der Waals surface area (Å²) < 4.78 is 8.33. The normalized spacial score (nSPS) is 12.0. The Bertz CT molecular complexity index is 1520. The number of benzene rings is 1. The van der Waals surface area contributed by atoms with Crippen molar-refractivity contribution in [1.29, 1.82) is 0 Å². The molecular weight excluding hydrogens is 420 g/mol. The van der Waals surface area contributed by atoms with Crippen LogP contribution >= 0.6 is 0 Å². The summed E-state index contributed by atoms with van der Waals surface area (Å²) in [5.74, 6) is -1.18. The Kier molecular flexibility index (Phi) is 5.91. The van der Waals surface area contributed by atoms with Gasteiger partial charge in [-0.1, -0.05) is 24.3 Å². The molecule has 4 rings (SSSR count). The van der Waals surface area contributed by atoms with E-state index in [-0.39, 0.29) is 34.6 Å². The number of aryl methyl sites for hydroxylation is 1. The molecule has 33 heavy (non-hydrogen) atoms. The number of pyridine rings is 2. The highest BCUT2D eigenvalue weighted by Crippen LogP contribution is 2.17. The van der Waals surface area contributed by atoms with Gasteiger partial charge >= 0.3 is 5.97 Å². The molecule has 1 amide bonds. The molecule has 0 fully saturated rings. The molecule has 0 aliphatic heterocycles. The van der Waals surface area contributed by atoms with Gasteiger partial charge in [0.05, 0.1) is 12.0 Å². The van der Waals surface area contributed by atoms with Crippen LogP contribution < -0.4 is 11.0 Å². The van der Waals surface area contributed by atoms with Gasteiger partial charge in [-0.3, -0.25) is 14.0 Å². The third-order valence-electron chi connectivity index (χ3n) is 5.29. The van der Waals surface area contributed by atoms with Crippen LogP contribution in [0.4, 0.5) is 0 Å². The summed E-state index contributed by atoms with van der Waals surface area (Å²) in [6.45, 7) is 7.45. The molecule has 8 nitrogen and oxygen atoms in total. The molecule has 0 N–H and O–H groups in total. The molecule has 0 bridgehead atoms. The molecule has 0 unspecified atom stereocenters. The molecule has 1 aromatic carbocycles. The van der Waals surface area contributed by atoms with E-state index in [2.05, 4.69) is 4.99 Å². The molecule has 0 aliphatic rings. The molecule has 0 aliphatic carbocycles. The molecule has 0 saturated heterocycles. The molecule has 0 spiro atoms. The van der Waals surface area contributed by atoms with E-state index >= 15 is 0 Å². The largest absolute Gasteiger partial charge is 0.462 e. The number of aromatic nitrogens is 3. The summed E-state index contributed by atoms with van der Waals surface area (Å²) in [5.41, 5.74) is 1.86. The minimum Gasteiger partial charge on any atom is -0.462 e. The Morgan fingerprint density at radius 2 is 1.82 bits per heavy atom. The lowest BCUT2D eigenvalue weighted by Gasteiger charge is -2.18. The molecule has 0 radical (unpaired) electrons. The lowest BCUT2D eigenvalue weighted by Crippen LogP contribution is -2.33. The predicted octanol–water partition coefficient (Wildman–Crippen LogP) is 3.46. The lowest BCUT2D eigenvalue weighted by atomic mass is 10.1. The van der Waals surface area contributed by atoms with Gasteiger partial charge in [-0.25, -0.2) is 9.78 Å². The molecular formula is C25H24N4O4. The summed E-state index contributed by atoms with van der Waals surface area (Å²) >= 11 is 0. The zero-order chi connectivity index (χ0) is 23.7. The molecule has 3 aromatic heterocycles. The van der Waals surface area contributed by atoms with Crippen LogP contribution in [0.2, 0.25) is 0 Å². The molecule has 3 heterocycles. The molecule has 168 valence electrons. The van der Waals surface area contributed by atoms with Crippen LogP contribution in [0.1, 0.15) is 53.1 Å². The quantitative estimate of drug-likeness (QED) is 0.355. The fraction of sp³-hybridized carbons (Fsp3) is 0.240. The van der Waals surface area contributed by atoms with Crippen LogP contribution in [0.25, 0.3) is 16.7 Å². The Labute approximate surface area is 189 Å². The average Bonchev–Trinajstić information content (AvgIpc) is 2.80. The van der Waals surface area contributed by atoms with Crippen LogP contribution in [0, 0.1) is 6.92 Å². The van der Waals surface area contributed by atoms with Gasteiger partial charge in [0.2, 0.25) is 0 Å². The van der Waals surface area contributed by atoms with E-state index in [4.69, 9.17) is 9.72 Å². The summed E-state index contributed by atoms with van der Waals surface area (Å²) in [4.78, 5) is 48.3. The van der Waals surface area contributed by atoms with Gasteiger partial charge in [-0.2, -0.15) is 4.99 Å². The number of ether oxygens (including phenoxy) is 1. The fourth-order valence-electron chi connectivity index (χ4n) is 3.75. The smallest absolute Gasteiger partial charge is 0.341 e. The van der Waals surface area contributed by atoms with Crippen LogP contribution in [-0.4, -0.2) is 32.4 Å². The zero-order valence-corrected chi connectivity index (χ0v) is 18.9. The number of hydrogen-bond acceptors (Lipinski definition) is 5. The SMILES string of the molecule is CCOC(=O)c1cc2c(=O)n3cccc(C)c3nc2n(C(C)C)c1=NC(=O)c1ccccc1. The van der Waals surface area contributed by atoms with Crippen LogP contribution in [0.15, 0.2) is 64.5 Å². The second-order valence-corrected chi connectivity index (χ2v) is 7.89. The fourth-order valence-corrected chi connectivity index (χ4v) is 3.75. The van der Waals surface area contributed by atoms with Gasteiger partial charge in [0.15, 0.2) is 5.49 Å². The standard InChI is InChI=1S/C25H24N4O4/c1-5-33-25(32)19-14-18-21(26-20-16(4)10-9-13-28(20)24(18)31)29(15(2)3)22(19)27-23(30)17-11-7-6-8-12-17/h6-15H,5H2,1-4H3. The number of esters is 1. The maximum atomic E-state index is 13.4. The summed E-state index contributed by atoms with van der Waals surface area (Å²) in [5, 5.41) is 0.237. The Balaban J connectivity index is 2.18. The van der Waals surface area contributed by atoms with Gasteiger partial charge in [0.25, 0.3) is 11.5 Å².